The molecule has 3 rings (SSSR count). The Morgan fingerprint density at radius 1 is 1.27 bits per heavy atom. The van der Waals surface area contributed by atoms with Gasteiger partial charge in [0.2, 0.25) is 5.91 Å². The number of carbonyl (C=O) groups is 3. The van der Waals surface area contributed by atoms with Crippen molar-refractivity contribution in [3.8, 4) is 5.75 Å². The van der Waals surface area contributed by atoms with Crippen LogP contribution in [0.15, 0.2) is 17.0 Å². The maximum atomic E-state index is 12.6. The molecule has 0 aliphatic carbocycles. The summed E-state index contributed by atoms with van der Waals surface area (Å²) in [7, 11) is 0. The third-order valence-corrected chi connectivity index (χ3v) is 6.23. The second kappa shape index (κ2) is 8.44. The molecule has 2 aliphatic rings. The van der Waals surface area contributed by atoms with Gasteiger partial charge in [-0.05, 0) is 75.2 Å². The summed E-state index contributed by atoms with van der Waals surface area (Å²) in [5.74, 6) is -0.736. The van der Waals surface area contributed by atoms with Crippen molar-refractivity contribution in [3.05, 3.63) is 29.7 Å². The zero-order valence-electron chi connectivity index (χ0n) is 13.4. The molecule has 26 heavy (non-hydrogen) atoms. The summed E-state index contributed by atoms with van der Waals surface area (Å²) in [4.78, 5) is 39.8. The van der Waals surface area contributed by atoms with Gasteiger partial charge in [-0.15, -0.1) is 0 Å². The lowest BCUT2D eigenvalue weighted by molar-refractivity contribution is -0.139. The number of phenols is 1. The second-order valence-corrected chi connectivity index (χ2v) is 8.99. The summed E-state index contributed by atoms with van der Waals surface area (Å²) in [6.45, 7) is 1.55. The third-order valence-electron chi connectivity index (χ3n) is 3.88. The van der Waals surface area contributed by atoms with Crippen LogP contribution in [0.2, 0.25) is 0 Å². The molecule has 1 N–H and O–H groups in total. The molecule has 0 aromatic heterocycles. The highest BCUT2D eigenvalue weighted by atomic mass is 127. The van der Waals surface area contributed by atoms with Crippen LogP contribution in [0.1, 0.15) is 5.56 Å². The van der Waals surface area contributed by atoms with Crippen molar-refractivity contribution in [2.75, 3.05) is 32.8 Å². The van der Waals surface area contributed by atoms with Crippen LogP contribution in [0.4, 0.5) is 4.79 Å². The van der Waals surface area contributed by atoms with Crippen LogP contribution in [0, 0.1) is 7.14 Å². The van der Waals surface area contributed by atoms with Crippen molar-refractivity contribution in [2.45, 2.75) is 0 Å². The van der Waals surface area contributed by atoms with E-state index in [0.29, 0.717) is 35.4 Å². The zero-order chi connectivity index (χ0) is 18.8. The maximum absolute atomic E-state index is 12.6. The molecule has 1 aromatic carbocycles. The van der Waals surface area contributed by atoms with Crippen molar-refractivity contribution in [1.29, 1.82) is 0 Å². The standard InChI is InChI=1S/C16H14I2N2O5S/c17-10-5-9(14(22)11(18)7-10)6-12-15(23)20(16(24)26-12)8-13(21)19-1-3-25-4-2-19/h5-7,22H,1-4,8H2/b12-6-. The Kier molecular flexibility index (Phi) is 6.45. The molecule has 0 atom stereocenters. The number of morpholine rings is 1. The Morgan fingerprint density at radius 3 is 2.65 bits per heavy atom. The van der Waals surface area contributed by atoms with E-state index in [2.05, 4.69) is 22.6 Å². The molecule has 7 nitrogen and oxygen atoms in total. The van der Waals surface area contributed by atoms with Crippen molar-refractivity contribution in [1.82, 2.24) is 9.80 Å². The first-order chi connectivity index (χ1) is 12.4. The number of phenolic OH excluding ortho intramolecular Hbond substituents is 1. The number of benzene rings is 1. The number of halogens is 2. The Morgan fingerprint density at radius 2 is 1.96 bits per heavy atom. The summed E-state index contributed by atoms with van der Waals surface area (Å²) in [5.41, 5.74) is 0.464. The fourth-order valence-corrected chi connectivity index (χ4v) is 5.24. The van der Waals surface area contributed by atoms with Gasteiger partial charge in [0.25, 0.3) is 11.1 Å². The number of aromatic hydroxyl groups is 1. The summed E-state index contributed by atoms with van der Waals surface area (Å²) in [6, 6.07) is 3.53. The van der Waals surface area contributed by atoms with Crippen LogP contribution in [0.3, 0.4) is 0 Å². The van der Waals surface area contributed by atoms with Crippen LogP contribution in [0.25, 0.3) is 6.08 Å². The molecule has 0 spiro atoms. The highest BCUT2D eigenvalue weighted by molar-refractivity contribution is 14.1. The molecular formula is C16H14I2N2O5S. The summed E-state index contributed by atoms with van der Waals surface area (Å²) < 4.78 is 6.75. The molecule has 0 saturated carbocycles. The van der Waals surface area contributed by atoms with Gasteiger partial charge in [-0.3, -0.25) is 19.3 Å². The lowest BCUT2D eigenvalue weighted by Crippen LogP contribution is -2.46. The first-order valence-electron chi connectivity index (χ1n) is 7.65. The van der Waals surface area contributed by atoms with Gasteiger partial charge < -0.3 is 14.7 Å². The molecule has 0 bridgehead atoms. The Bertz CT molecular complexity index is 808. The Hall–Kier alpha value is -0.860. The van der Waals surface area contributed by atoms with E-state index in [1.807, 2.05) is 22.6 Å². The van der Waals surface area contributed by atoms with Crippen LogP contribution in [-0.2, 0) is 14.3 Å². The number of amides is 3. The molecular weight excluding hydrogens is 586 g/mol. The lowest BCUT2D eigenvalue weighted by atomic mass is 10.2. The van der Waals surface area contributed by atoms with E-state index in [4.69, 9.17) is 4.74 Å². The monoisotopic (exact) mass is 600 g/mol. The van der Waals surface area contributed by atoms with Crippen molar-refractivity contribution in [3.63, 3.8) is 0 Å². The van der Waals surface area contributed by atoms with Crippen molar-refractivity contribution in [2.24, 2.45) is 0 Å². The van der Waals surface area contributed by atoms with E-state index in [9.17, 15) is 19.5 Å². The first-order valence-corrected chi connectivity index (χ1v) is 10.6. The van der Waals surface area contributed by atoms with Crippen LogP contribution in [-0.4, -0.2) is 64.8 Å². The van der Waals surface area contributed by atoms with Crippen LogP contribution >= 0.6 is 56.9 Å². The largest absolute Gasteiger partial charge is 0.506 e. The molecule has 138 valence electrons. The third kappa shape index (κ3) is 4.34. The highest BCUT2D eigenvalue weighted by Gasteiger charge is 2.37. The number of thioether (sulfide) groups is 1. The van der Waals surface area contributed by atoms with Gasteiger partial charge in [-0.1, -0.05) is 0 Å². The molecule has 0 radical (unpaired) electrons. The highest BCUT2D eigenvalue weighted by Crippen LogP contribution is 2.35. The van der Waals surface area contributed by atoms with Gasteiger partial charge in [0, 0.05) is 22.2 Å². The quantitative estimate of drug-likeness (QED) is 0.424. The van der Waals surface area contributed by atoms with Crippen molar-refractivity contribution < 1.29 is 24.2 Å². The van der Waals surface area contributed by atoms with E-state index in [-0.39, 0.29) is 23.1 Å². The van der Waals surface area contributed by atoms with Gasteiger partial charge in [-0.25, -0.2) is 0 Å². The summed E-state index contributed by atoms with van der Waals surface area (Å²) >= 11 is 4.89. The average Bonchev–Trinajstić information content (AvgIpc) is 2.87. The van der Waals surface area contributed by atoms with E-state index < -0.39 is 11.1 Å². The zero-order valence-corrected chi connectivity index (χ0v) is 18.5. The molecule has 2 heterocycles. The average molecular weight is 600 g/mol. The number of carbonyl (C=O) groups excluding carboxylic acids is 3. The maximum Gasteiger partial charge on any atom is 0.294 e. The van der Waals surface area contributed by atoms with Crippen LogP contribution < -0.4 is 0 Å². The normalized spacial score (nSPS) is 19.5. The fourth-order valence-electron chi connectivity index (χ4n) is 2.52. The molecule has 1 aromatic rings. The predicted octanol–water partition coefficient (Wildman–Crippen LogP) is 2.50. The number of hydrogen-bond donors (Lipinski definition) is 1. The van der Waals surface area contributed by atoms with E-state index in [1.165, 1.54) is 6.08 Å². The SMILES string of the molecule is O=C(CN1C(=O)S/C(=C\c2cc(I)cc(I)c2O)C1=O)N1CCOCC1. The molecule has 2 fully saturated rings. The molecule has 2 saturated heterocycles. The number of rotatable bonds is 3. The topological polar surface area (TPSA) is 87.2 Å². The van der Waals surface area contributed by atoms with Gasteiger partial charge in [0.1, 0.15) is 12.3 Å². The van der Waals surface area contributed by atoms with E-state index >= 15 is 0 Å². The second-order valence-electron chi connectivity index (χ2n) is 5.59. The minimum atomic E-state index is -0.519. The minimum Gasteiger partial charge on any atom is -0.506 e. The van der Waals surface area contributed by atoms with E-state index in [0.717, 1.165) is 20.2 Å². The van der Waals surface area contributed by atoms with Gasteiger partial charge >= 0.3 is 0 Å². The predicted molar refractivity (Wildman–Crippen MR) is 114 cm³/mol. The molecule has 10 heteroatoms. The number of hydrogen-bond acceptors (Lipinski definition) is 6. The Labute approximate surface area is 181 Å². The number of ether oxygens (including phenoxy) is 1. The number of imide groups is 1. The Balaban J connectivity index is 1.77. The summed E-state index contributed by atoms with van der Waals surface area (Å²) in [6.07, 6.45) is 1.49. The van der Waals surface area contributed by atoms with Crippen molar-refractivity contribution >= 4 is 80.1 Å². The van der Waals surface area contributed by atoms with Crippen LogP contribution in [0.5, 0.6) is 5.75 Å². The summed E-state index contributed by atoms with van der Waals surface area (Å²) in [5, 5.41) is 9.69. The number of nitrogens with zero attached hydrogens (tertiary/aromatic N) is 2. The van der Waals surface area contributed by atoms with E-state index in [1.54, 1.807) is 17.0 Å². The first kappa shape index (κ1) is 19.9. The molecule has 0 unspecified atom stereocenters. The van der Waals surface area contributed by atoms with Gasteiger partial charge in [0.15, 0.2) is 0 Å². The molecule has 2 aliphatic heterocycles. The molecule has 3 amide bonds. The fraction of sp³-hybridized carbons (Fsp3) is 0.312. The van der Waals surface area contributed by atoms with Gasteiger partial charge in [0.05, 0.1) is 21.7 Å². The lowest BCUT2D eigenvalue weighted by Gasteiger charge is -2.28. The minimum absolute atomic E-state index is 0.0576. The van der Waals surface area contributed by atoms with Gasteiger partial charge in [-0.2, -0.15) is 0 Å². The smallest absolute Gasteiger partial charge is 0.294 e.